The number of hydrogen-bond donors (Lipinski definition) is 0. The van der Waals surface area contributed by atoms with E-state index in [9.17, 15) is 4.79 Å². The average Bonchev–Trinajstić information content (AvgIpc) is 2.46. The highest BCUT2D eigenvalue weighted by molar-refractivity contribution is 6.08. The smallest absolute Gasteiger partial charge is 0.168 e. The van der Waals surface area contributed by atoms with Gasteiger partial charge in [-0.15, -0.1) is 0 Å². The van der Waals surface area contributed by atoms with Crippen LogP contribution in [0.3, 0.4) is 0 Å². The maximum atomic E-state index is 12.7. The molecule has 0 saturated heterocycles. The lowest BCUT2D eigenvalue weighted by Crippen LogP contribution is -2.15. The molecule has 0 aliphatic rings. The van der Waals surface area contributed by atoms with Crippen LogP contribution in [0.25, 0.3) is 10.8 Å². The van der Waals surface area contributed by atoms with Gasteiger partial charge in [0.15, 0.2) is 5.78 Å². The highest BCUT2D eigenvalue weighted by atomic mass is 16.1. The van der Waals surface area contributed by atoms with E-state index in [1.165, 1.54) is 0 Å². The van der Waals surface area contributed by atoms with Crippen molar-refractivity contribution in [1.82, 2.24) is 4.98 Å². The minimum atomic E-state index is 0.141. The third-order valence-corrected chi connectivity index (χ3v) is 3.58. The molecule has 2 rings (SSSR count). The van der Waals surface area contributed by atoms with Gasteiger partial charge in [-0.05, 0) is 18.2 Å². The molecule has 100 valence electrons. The van der Waals surface area contributed by atoms with Gasteiger partial charge in [-0.1, -0.05) is 51.0 Å². The first-order valence-corrected chi connectivity index (χ1v) is 7.14. The summed E-state index contributed by atoms with van der Waals surface area (Å²) in [4.78, 5) is 16.9. The molecule has 2 nitrogen and oxygen atoms in total. The van der Waals surface area contributed by atoms with Gasteiger partial charge >= 0.3 is 0 Å². The number of nitrogens with zero attached hydrogens (tertiary/aromatic N) is 1. The summed E-state index contributed by atoms with van der Waals surface area (Å²) in [6.07, 6.45) is 7.58. The molecule has 0 amide bonds. The Morgan fingerprint density at radius 3 is 2.47 bits per heavy atom. The number of carbonyl (C=O) groups excluding carboxylic acids is 1. The zero-order valence-corrected chi connectivity index (χ0v) is 11.7. The summed E-state index contributed by atoms with van der Waals surface area (Å²) in [6.45, 7) is 4.27. The third-order valence-electron chi connectivity index (χ3n) is 3.58. The molecule has 0 unspecified atom stereocenters. The molecule has 0 aliphatic carbocycles. The molecule has 2 aromatic rings. The number of aromatic nitrogens is 1. The van der Waals surface area contributed by atoms with E-state index >= 15 is 0 Å². The van der Waals surface area contributed by atoms with Crippen LogP contribution in [0.5, 0.6) is 0 Å². The largest absolute Gasteiger partial charge is 0.294 e. The van der Waals surface area contributed by atoms with E-state index in [2.05, 4.69) is 18.8 Å². The first-order valence-electron chi connectivity index (χ1n) is 7.14. The molecular formula is C17H21NO. The number of fused-ring (bicyclic) bond motifs is 1. The fourth-order valence-corrected chi connectivity index (χ4v) is 2.64. The molecule has 0 atom stereocenters. The van der Waals surface area contributed by atoms with Crippen LogP contribution in [0.15, 0.2) is 36.7 Å². The Kier molecular flexibility index (Phi) is 4.67. The van der Waals surface area contributed by atoms with Crippen LogP contribution in [0.1, 0.15) is 49.9 Å². The van der Waals surface area contributed by atoms with Crippen molar-refractivity contribution in [3.63, 3.8) is 0 Å². The minimum Gasteiger partial charge on any atom is -0.294 e. The van der Waals surface area contributed by atoms with Crippen LogP contribution in [-0.2, 0) is 0 Å². The average molecular weight is 255 g/mol. The summed E-state index contributed by atoms with van der Waals surface area (Å²) < 4.78 is 0. The lowest BCUT2D eigenvalue weighted by atomic mass is 9.89. The SMILES string of the molecule is CCCC(CCC)C(=O)c1cncc2ccccc12. The Morgan fingerprint density at radius 1 is 1.11 bits per heavy atom. The molecular weight excluding hydrogens is 234 g/mol. The molecule has 1 aromatic heterocycles. The van der Waals surface area contributed by atoms with E-state index < -0.39 is 0 Å². The first-order chi connectivity index (χ1) is 9.27. The van der Waals surface area contributed by atoms with Crippen LogP contribution in [0.2, 0.25) is 0 Å². The summed E-state index contributed by atoms with van der Waals surface area (Å²) in [5.41, 5.74) is 0.782. The molecule has 2 heteroatoms. The van der Waals surface area contributed by atoms with Gasteiger partial charge in [-0.2, -0.15) is 0 Å². The van der Waals surface area contributed by atoms with Gasteiger partial charge in [0.2, 0.25) is 0 Å². The van der Waals surface area contributed by atoms with Crippen molar-refractivity contribution in [2.24, 2.45) is 5.92 Å². The number of carbonyl (C=O) groups is 1. The summed E-state index contributed by atoms with van der Waals surface area (Å²) in [6, 6.07) is 7.98. The zero-order chi connectivity index (χ0) is 13.7. The molecule has 0 aliphatic heterocycles. The number of rotatable bonds is 6. The Morgan fingerprint density at radius 2 is 1.79 bits per heavy atom. The van der Waals surface area contributed by atoms with Crippen molar-refractivity contribution in [2.45, 2.75) is 39.5 Å². The quantitative estimate of drug-likeness (QED) is 0.704. The predicted octanol–water partition coefficient (Wildman–Crippen LogP) is 4.63. The molecule has 0 saturated carbocycles. The van der Waals surface area contributed by atoms with E-state index in [1.54, 1.807) is 6.20 Å². The van der Waals surface area contributed by atoms with Gasteiger partial charge in [0.05, 0.1) is 0 Å². The van der Waals surface area contributed by atoms with Crippen molar-refractivity contribution in [3.8, 4) is 0 Å². The Balaban J connectivity index is 2.39. The topological polar surface area (TPSA) is 30.0 Å². The molecule has 19 heavy (non-hydrogen) atoms. The van der Waals surface area contributed by atoms with Gasteiger partial charge in [0, 0.05) is 29.3 Å². The Bertz CT molecular complexity index is 551. The molecule has 0 N–H and O–H groups in total. The predicted molar refractivity (Wildman–Crippen MR) is 79.4 cm³/mol. The second-order valence-corrected chi connectivity index (χ2v) is 5.05. The number of hydrogen-bond acceptors (Lipinski definition) is 2. The minimum absolute atomic E-state index is 0.141. The van der Waals surface area contributed by atoms with E-state index in [0.717, 1.165) is 42.0 Å². The molecule has 0 spiro atoms. The Hall–Kier alpha value is -1.70. The number of Topliss-reactive ketones (excluding diaryl/α,β-unsaturated/α-hetero) is 1. The van der Waals surface area contributed by atoms with Crippen LogP contribution in [-0.4, -0.2) is 10.8 Å². The first kappa shape index (κ1) is 13.7. The van der Waals surface area contributed by atoms with E-state index in [4.69, 9.17) is 0 Å². The summed E-state index contributed by atoms with van der Waals surface area (Å²) in [5.74, 6) is 0.399. The van der Waals surface area contributed by atoms with Crippen LogP contribution >= 0.6 is 0 Å². The van der Waals surface area contributed by atoms with Gasteiger partial charge < -0.3 is 0 Å². The summed E-state index contributed by atoms with van der Waals surface area (Å²) in [7, 11) is 0. The second-order valence-electron chi connectivity index (χ2n) is 5.05. The normalized spacial score (nSPS) is 11.1. The van der Waals surface area contributed by atoms with Gasteiger partial charge in [-0.25, -0.2) is 0 Å². The van der Waals surface area contributed by atoms with Crippen molar-refractivity contribution in [3.05, 3.63) is 42.2 Å². The van der Waals surface area contributed by atoms with Crippen molar-refractivity contribution >= 4 is 16.6 Å². The van der Waals surface area contributed by atoms with Gasteiger partial charge in [0.25, 0.3) is 0 Å². The highest BCUT2D eigenvalue weighted by Crippen LogP contribution is 2.24. The van der Waals surface area contributed by atoms with Crippen molar-refractivity contribution in [2.75, 3.05) is 0 Å². The fraction of sp³-hybridized carbons (Fsp3) is 0.412. The lowest BCUT2D eigenvalue weighted by Gasteiger charge is -2.15. The van der Waals surface area contributed by atoms with Crippen molar-refractivity contribution in [1.29, 1.82) is 0 Å². The van der Waals surface area contributed by atoms with Crippen LogP contribution in [0.4, 0.5) is 0 Å². The fourth-order valence-electron chi connectivity index (χ4n) is 2.64. The molecule has 0 radical (unpaired) electrons. The number of ketones is 1. The molecule has 1 aromatic carbocycles. The summed E-state index contributed by atoms with van der Waals surface area (Å²) in [5, 5.41) is 2.07. The third kappa shape index (κ3) is 3.01. The molecule has 0 bridgehead atoms. The second kappa shape index (κ2) is 6.46. The highest BCUT2D eigenvalue weighted by Gasteiger charge is 2.20. The molecule has 1 heterocycles. The maximum Gasteiger partial charge on any atom is 0.168 e. The number of pyridine rings is 1. The van der Waals surface area contributed by atoms with E-state index in [0.29, 0.717) is 0 Å². The number of benzene rings is 1. The van der Waals surface area contributed by atoms with Crippen LogP contribution in [0, 0.1) is 5.92 Å². The summed E-state index contributed by atoms with van der Waals surface area (Å²) >= 11 is 0. The van der Waals surface area contributed by atoms with E-state index in [-0.39, 0.29) is 11.7 Å². The zero-order valence-electron chi connectivity index (χ0n) is 11.7. The standard InChI is InChI=1S/C17H21NO/c1-3-7-13(8-4-2)17(19)16-12-18-11-14-9-5-6-10-15(14)16/h5-6,9-13H,3-4,7-8H2,1-2H3. The van der Waals surface area contributed by atoms with Gasteiger partial charge in [0.1, 0.15) is 0 Å². The van der Waals surface area contributed by atoms with Gasteiger partial charge in [-0.3, -0.25) is 9.78 Å². The Labute approximate surface area is 114 Å². The lowest BCUT2D eigenvalue weighted by molar-refractivity contribution is 0.0906. The van der Waals surface area contributed by atoms with E-state index in [1.807, 2.05) is 30.5 Å². The molecule has 0 fully saturated rings. The van der Waals surface area contributed by atoms with Crippen LogP contribution < -0.4 is 0 Å². The van der Waals surface area contributed by atoms with Crippen molar-refractivity contribution < 1.29 is 4.79 Å². The maximum absolute atomic E-state index is 12.7. The monoisotopic (exact) mass is 255 g/mol.